The molecular weight excluding hydrogens is 289 g/mol. The van der Waals surface area contributed by atoms with Crippen molar-refractivity contribution in [1.29, 1.82) is 0 Å². The Morgan fingerprint density at radius 3 is 2.55 bits per heavy atom. The Labute approximate surface area is 113 Å². The fourth-order valence-electron chi connectivity index (χ4n) is 1.32. The Kier molecular flexibility index (Phi) is 3.61. The summed E-state index contributed by atoms with van der Waals surface area (Å²) in [5.41, 5.74) is -0.0830. The molecule has 2 rings (SSSR count). The summed E-state index contributed by atoms with van der Waals surface area (Å²) in [5.74, 6) is -2.05. The van der Waals surface area contributed by atoms with E-state index in [2.05, 4.69) is 14.7 Å². The molecule has 7 nitrogen and oxygen atoms in total. The number of sulfonamides is 1. The average Bonchev–Trinajstić information content (AvgIpc) is 2.39. The number of hydrogen-bond acceptors (Lipinski definition) is 5. The molecule has 0 saturated carbocycles. The predicted molar refractivity (Wildman–Crippen MR) is 66.2 cm³/mol. The molecule has 2 heterocycles. The second-order valence-electron chi connectivity index (χ2n) is 3.68. The lowest BCUT2D eigenvalue weighted by Gasteiger charge is -2.07. The van der Waals surface area contributed by atoms with E-state index in [-0.39, 0.29) is 16.3 Å². The summed E-state index contributed by atoms with van der Waals surface area (Å²) in [6.45, 7) is 0. The molecule has 9 heteroatoms. The van der Waals surface area contributed by atoms with Crippen LogP contribution in [0.3, 0.4) is 0 Å². The van der Waals surface area contributed by atoms with Crippen LogP contribution in [-0.4, -0.2) is 29.5 Å². The number of halogens is 1. The molecule has 0 fully saturated rings. The van der Waals surface area contributed by atoms with Gasteiger partial charge in [0.05, 0.1) is 11.8 Å². The Balaban J connectivity index is 2.26. The minimum Gasteiger partial charge on any atom is -0.478 e. The van der Waals surface area contributed by atoms with Gasteiger partial charge in [0.2, 0.25) is 0 Å². The van der Waals surface area contributed by atoms with Crippen molar-refractivity contribution < 1.29 is 22.7 Å². The van der Waals surface area contributed by atoms with Gasteiger partial charge in [-0.2, -0.15) is 0 Å². The number of hydrogen-bond donors (Lipinski definition) is 2. The van der Waals surface area contributed by atoms with Gasteiger partial charge >= 0.3 is 5.97 Å². The molecule has 0 radical (unpaired) electrons. The van der Waals surface area contributed by atoms with Crippen LogP contribution in [0.4, 0.5) is 10.2 Å². The van der Waals surface area contributed by atoms with E-state index in [1.807, 2.05) is 0 Å². The highest BCUT2D eigenvalue weighted by atomic mass is 32.2. The molecule has 2 N–H and O–H groups in total. The first-order valence-electron chi connectivity index (χ1n) is 5.21. The number of aromatic nitrogens is 2. The predicted octanol–water partition coefficient (Wildman–Crippen LogP) is 1.11. The Hall–Kier alpha value is -2.55. The SMILES string of the molecule is O=C(O)c1ccc(NS(=O)(=O)c2cncc(F)c2)nc1. The number of nitrogens with zero attached hydrogens (tertiary/aromatic N) is 2. The third kappa shape index (κ3) is 3.06. The van der Waals surface area contributed by atoms with E-state index in [1.165, 1.54) is 12.1 Å². The van der Waals surface area contributed by atoms with Gasteiger partial charge in [-0.05, 0) is 18.2 Å². The lowest BCUT2D eigenvalue weighted by atomic mass is 10.3. The summed E-state index contributed by atoms with van der Waals surface area (Å²) in [6.07, 6.45) is 2.86. The normalized spacial score (nSPS) is 11.1. The van der Waals surface area contributed by atoms with Crippen LogP contribution in [0, 0.1) is 5.82 Å². The number of aromatic carboxylic acids is 1. The number of anilines is 1. The molecule has 0 unspecified atom stereocenters. The second kappa shape index (κ2) is 5.21. The van der Waals surface area contributed by atoms with Crippen LogP contribution in [0.25, 0.3) is 0 Å². The molecular formula is C11H8FN3O4S. The largest absolute Gasteiger partial charge is 0.478 e. The van der Waals surface area contributed by atoms with Gasteiger partial charge in [-0.3, -0.25) is 9.71 Å². The van der Waals surface area contributed by atoms with E-state index in [1.54, 1.807) is 0 Å². The van der Waals surface area contributed by atoms with Crippen molar-refractivity contribution in [3.05, 3.63) is 48.2 Å². The van der Waals surface area contributed by atoms with Gasteiger partial charge in [0.1, 0.15) is 16.5 Å². The van der Waals surface area contributed by atoms with Gasteiger partial charge in [-0.15, -0.1) is 0 Å². The summed E-state index contributed by atoms with van der Waals surface area (Å²) in [4.78, 5) is 17.4. The van der Waals surface area contributed by atoms with Crippen molar-refractivity contribution >= 4 is 21.8 Å². The maximum Gasteiger partial charge on any atom is 0.337 e. The molecule has 0 aromatic carbocycles. The maximum atomic E-state index is 12.9. The Morgan fingerprint density at radius 2 is 2.00 bits per heavy atom. The fourth-order valence-corrected chi connectivity index (χ4v) is 2.30. The summed E-state index contributed by atoms with van der Waals surface area (Å²) < 4.78 is 38.8. The highest BCUT2D eigenvalue weighted by Gasteiger charge is 2.16. The zero-order valence-electron chi connectivity index (χ0n) is 9.82. The van der Waals surface area contributed by atoms with Crippen molar-refractivity contribution in [1.82, 2.24) is 9.97 Å². The summed E-state index contributed by atoms with van der Waals surface area (Å²) in [7, 11) is -4.03. The third-order valence-corrected chi connectivity index (χ3v) is 3.56. The monoisotopic (exact) mass is 297 g/mol. The molecule has 0 aliphatic heterocycles. The molecule has 20 heavy (non-hydrogen) atoms. The van der Waals surface area contributed by atoms with Crippen molar-refractivity contribution in [2.75, 3.05) is 4.72 Å². The van der Waals surface area contributed by atoms with E-state index in [4.69, 9.17) is 5.11 Å². The molecule has 0 aliphatic carbocycles. The summed E-state index contributed by atoms with van der Waals surface area (Å²) >= 11 is 0. The van der Waals surface area contributed by atoms with Crippen LogP contribution in [0.15, 0.2) is 41.7 Å². The first-order valence-corrected chi connectivity index (χ1v) is 6.69. The van der Waals surface area contributed by atoms with Gasteiger partial charge in [-0.1, -0.05) is 0 Å². The van der Waals surface area contributed by atoms with Crippen LogP contribution in [0.2, 0.25) is 0 Å². The van der Waals surface area contributed by atoms with E-state index in [0.717, 1.165) is 24.7 Å². The zero-order valence-corrected chi connectivity index (χ0v) is 10.6. The number of nitrogens with one attached hydrogen (secondary N) is 1. The third-order valence-electron chi connectivity index (χ3n) is 2.24. The van der Waals surface area contributed by atoms with Crippen LogP contribution in [0.1, 0.15) is 10.4 Å². The highest BCUT2D eigenvalue weighted by Crippen LogP contribution is 2.14. The quantitative estimate of drug-likeness (QED) is 0.875. The minimum absolute atomic E-state index is 0.0830. The maximum absolute atomic E-state index is 12.9. The number of carboxylic acids is 1. The fraction of sp³-hybridized carbons (Fsp3) is 0. The van der Waals surface area contributed by atoms with Crippen molar-refractivity contribution in [3.8, 4) is 0 Å². The van der Waals surface area contributed by atoms with E-state index >= 15 is 0 Å². The Morgan fingerprint density at radius 1 is 1.25 bits per heavy atom. The van der Waals surface area contributed by atoms with Gasteiger partial charge in [0.25, 0.3) is 10.0 Å². The summed E-state index contributed by atoms with van der Waals surface area (Å²) in [5, 5.41) is 8.69. The van der Waals surface area contributed by atoms with E-state index in [9.17, 15) is 17.6 Å². The Bertz CT molecular complexity index is 747. The van der Waals surface area contributed by atoms with Gasteiger partial charge < -0.3 is 5.11 Å². The van der Waals surface area contributed by atoms with Crippen molar-refractivity contribution in [3.63, 3.8) is 0 Å². The minimum atomic E-state index is -4.03. The molecule has 0 spiro atoms. The van der Waals surface area contributed by atoms with E-state index in [0.29, 0.717) is 0 Å². The standard InChI is InChI=1S/C11H8FN3O4S/c12-8-3-9(6-13-5-8)20(18,19)15-10-2-1-7(4-14-10)11(16)17/h1-6H,(H,14,15)(H,16,17). The lowest BCUT2D eigenvalue weighted by molar-refractivity contribution is 0.0696. The number of carboxylic acid groups (broad SMARTS) is 1. The molecule has 0 saturated heterocycles. The summed E-state index contributed by atoms with van der Waals surface area (Å²) in [6, 6.07) is 3.19. The highest BCUT2D eigenvalue weighted by molar-refractivity contribution is 7.92. The number of carbonyl (C=O) groups is 1. The van der Waals surface area contributed by atoms with Crippen LogP contribution in [0.5, 0.6) is 0 Å². The number of pyridine rings is 2. The van der Waals surface area contributed by atoms with Crippen LogP contribution in [-0.2, 0) is 10.0 Å². The first-order chi connectivity index (χ1) is 9.38. The average molecular weight is 297 g/mol. The molecule has 0 bridgehead atoms. The lowest BCUT2D eigenvalue weighted by Crippen LogP contribution is -2.14. The molecule has 104 valence electrons. The second-order valence-corrected chi connectivity index (χ2v) is 5.36. The molecule has 0 aliphatic rings. The topological polar surface area (TPSA) is 109 Å². The van der Waals surface area contributed by atoms with Crippen LogP contribution >= 0.6 is 0 Å². The van der Waals surface area contributed by atoms with E-state index < -0.39 is 21.8 Å². The van der Waals surface area contributed by atoms with Gasteiger partial charge in [0, 0.05) is 12.4 Å². The molecule has 0 atom stereocenters. The van der Waals surface area contributed by atoms with Crippen molar-refractivity contribution in [2.45, 2.75) is 4.90 Å². The molecule has 2 aromatic heterocycles. The smallest absolute Gasteiger partial charge is 0.337 e. The zero-order chi connectivity index (χ0) is 14.8. The van der Waals surface area contributed by atoms with Crippen molar-refractivity contribution in [2.24, 2.45) is 0 Å². The molecule has 0 amide bonds. The van der Waals surface area contributed by atoms with Gasteiger partial charge in [-0.25, -0.2) is 22.6 Å². The number of rotatable bonds is 4. The van der Waals surface area contributed by atoms with Gasteiger partial charge in [0.15, 0.2) is 0 Å². The van der Waals surface area contributed by atoms with Crippen LogP contribution < -0.4 is 4.72 Å². The molecule has 2 aromatic rings. The first kappa shape index (κ1) is 13.9.